The summed E-state index contributed by atoms with van der Waals surface area (Å²) in [6.45, 7) is 6.40. The van der Waals surface area contributed by atoms with Crippen molar-refractivity contribution in [2.75, 3.05) is 0 Å². The number of carbonyl (C=O) groups excluding carboxylic acids is 2. The molecule has 1 heterocycles. The maximum atomic E-state index is 13.1. The Morgan fingerprint density at radius 1 is 1.09 bits per heavy atom. The summed E-state index contributed by atoms with van der Waals surface area (Å²) < 4.78 is 0. The Morgan fingerprint density at radius 3 is 2.52 bits per heavy atom. The van der Waals surface area contributed by atoms with E-state index in [0.717, 1.165) is 38.5 Å². The van der Waals surface area contributed by atoms with E-state index < -0.39 is 6.10 Å². The largest absolute Gasteiger partial charge is 0.392 e. The topological polar surface area (TPSA) is 104 Å². The third-order valence-corrected chi connectivity index (χ3v) is 9.01. The molecule has 0 saturated heterocycles. The average Bonchev–Trinajstić information content (AvgIpc) is 2.82. The van der Waals surface area contributed by atoms with Gasteiger partial charge in [0.15, 0.2) is 0 Å². The first-order valence-corrected chi connectivity index (χ1v) is 12.9. The molecule has 4 rings (SSSR count). The van der Waals surface area contributed by atoms with Crippen molar-refractivity contribution in [1.29, 1.82) is 0 Å². The minimum atomic E-state index is -0.554. The number of aromatic nitrogens is 2. The highest BCUT2D eigenvalue weighted by molar-refractivity contribution is 5.92. The lowest BCUT2D eigenvalue weighted by Gasteiger charge is -2.56. The standard InChI is InChI=1S/C26H40N4O3/c1-16(24(32)29-18-7-5-4-6-8-18)19-9-11-26(3)12-10-20(17(2)22(26)23(19)31)30-25(33)21-15-27-13-14-28-21/h13-20,22-23,31H,4-12H2,1-3H3,(H,29,32)(H,30,33). The molecule has 0 aromatic carbocycles. The van der Waals surface area contributed by atoms with Crippen LogP contribution < -0.4 is 10.6 Å². The van der Waals surface area contributed by atoms with Gasteiger partial charge in [-0.3, -0.25) is 14.6 Å². The fraction of sp³-hybridized carbons (Fsp3) is 0.769. The van der Waals surface area contributed by atoms with Crippen molar-refractivity contribution < 1.29 is 14.7 Å². The molecule has 33 heavy (non-hydrogen) atoms. The Labute approximate surface area is 197 Å². The first-order valence-electron chi connectivity index (χ1n) is 12.9. The SMILES string of the molecule is CC(C(=O)NC1CCCCC1)C1CCC2(C)CCC(NC(=O)c3cnccn3)C(C)C2C1O. The van der Waals surface area contributed by atoms with Crippen LogP contribution in [0.15, 0.2) is 18.6 Å². The lowest BCUT2D eigenvalue weighted by molar-refractivity contribution is -0.142. The molecule has 3 saturated carbocycles. The Kier molecular flexibility index (Phi) is 7.37. The van der Waals surface area contributed by atoms with Gasteiger partial charge in [-0.15, -0.1) is 0 Å². The molecule has 0 aliphatic heterocycles. The van der Waals surface area contributed by atoms with Crippen LogP contribution >= 0.6 is 0 Å². The lowest BCUT2D eigenvalue weighted by atomic mass is 9.51. The van der Waals surface area contributed by atoms with Crippen LogP contribution in [0.1, 0.15) is 89.0 Å². The Balaban J connectivity index is 1.43. The Hall–Kier alpha value is -2.02. The molecule has 0 bridgehead atoms. The second-order valence-corrected chi connectivity index (χ2v) is 11.1. The number of aliphatic hydroxyl groups excluding tert-OH is 1. The number of carbonyl (C=O) groups is 2. The summed E-state index contributed by atoms with van der Waals surface area (Å²) in [7, 11) is 0. The first kappa shape index (κ1) is 24.1. The molecule has 3 N–H and O–H groups in total. The lowest BCUT2D eigenvalue weighted by Crippen LogP contribution is -2.58. The van der Waals surface area contributed by atoms with Gasteiger partial charge in [-0.05, 0) is 61.7 Å². The van der Waals surface area contributed by atoms with Crippen LogP contribution in [0.4, 0.5) is 0 Å². The molecule has 7 nitrogen and oxygen atoms in total. The number of hydrogen-bond acceptors (Lipinski definition) is 5. The van der Waals surface area contributed by atoms with Gasteiger partial charge in [0.25, 0.3) is 5.91 Å². The van der Waals surface area contributed by atoms with E-state index in [1.54, 1.807) is 6.20 Å². The van der Waals surface area contributed by atoms with Gasteiger partial charge in [0.1, 0.15) is 5.69 Å². The smallest absolute Gasteiger partial charge is 0.271 e. The van der Waals surface area contributed by atoms with E-state index >= 15 is 0 Å². The Morgan fingerprint density at radius 2 is 1.82 bits per heavy atom. The van der Waals surface area contributed by atoms with E-state index in [1.807, 2.05) is 6.92 Å². The number of hydrogen-bond donors (Lipinski definition) is 3. The first-order chi connectivity index (χ1) is 15.8. The zero-order valence-corrected chi connectivity index (χ0v) is 20.3. The number of amides is 2. The number of nitrogens with one attached hydrogen (secondary N) is 2. The molecule has 182 valence electrons. The summed E-state index contributed by atoms with van der Waals surface area (Å²) in [6.07, 6.45) is 13.5. The van der Waals surface area contributed by atoms with Crippen molar-refractivity contribution in [1.82, 2.24) is 20.6 Å². The molecule has 3 aliphatic carbocycles. The highest BCUT2D eigenvalue weighted by Gasteiger charge is 2.54. The quantitative estimate of drug-likeness (QED) is 0.629. The predicted octanol–water partition coefficient (Wildman–Crippen LogP) is 3.48. The molecule has 0 radical (unpaired) electrons. The van der Waals surface area contributed by atoms with Crippen molar-refractivity contribution in [2.45, 2.75) is 96.7 Å². The van der Waals surface area contributed by atoms with Crippen LogP contribution in [0.5, 0.6) is 0 Å². The van der Waals surface area contributed by atoms with Crippen molar-refractivity contribution in [3.05, 3.63) is 24.3 Å². The maximum absolute atomic E-state index is 13.1. The van der Waals surface area contributed by atoms with Gasteiger partial charge in [-0.25, -0.2) is 4.98 Å². The molecule has 0 spiro atoms. The minimum absolute atomic E-state index is 0.0302. The maximum Gasteiger partial charge on any atom is 0.271 e. The monoisotopic (exact) mass is 456 g/mol. The fourth-order valence-electron chi connectivity index (χ4n) is 6.93. The highest BCUT2D eigenvalue weighted by Crippen LogP contribution is 2.55. The number of rotatable bonds is 5. The van der Waals surface area contributed by atoms with Gasteiger partial charge in [0, 0.05) is 30.4 Å². The molecular formula is C26H40N4O3. The van der Waals surface area contributed by atoms with Crippen molar-refractivity contribution >= 4 is 11.8 Å². The summed E-state index contributed by atoms with van der Waals surface area (Å²) in [5.74, 6) is -0.245. The van der Waals surface area contributed by atoms with E-state index in [0.29, 0.717) is 5.69 Å². The summed E-state index contributed by atoms with van der Waals surface area (Å²) in [5, 5.41) is 18.0. The van der Waals surface area contributed by atoms with E-state index in [4.69, 9.17) is 0 Å². The summed E-state index contributed by atoms with van der Waals surface area (Å²) >= 11 is 0. The third-order valence-electron chi connectivity index (χ3n) is 9.01. The van der Waals surface area contributed by atoms with Crippen LogP contribution in [0.25, 0.3) is 0 Å². The molecule has 3 aliphatic rings. The predicted molar refractivity (Wildman–Crippen MR) is 126 cm³/mol. The van der Waals surface area contributed by atoms with E-state index in [-0.39, 0.29) is 53.0 Å². The average molecular weight is 457 g/mol. The van der Waals surface area contributed by atoms with Gasteiger partial charge < -0.3 is 15.7 Å². The van der Waals surface area contributed by atoms with Crippen LogP contribution in [-0.2, 0) is 4.79 Å². The van der Waals surface area contributed by atoms with E-state index in [1.165, 1.54) is 31.7 Å². The van der Waals surface area contributed by atoms with Crippen molar-refractivity contribution in [3.8, 4) is 0 Å². The van der Waals surface area contributed by atoms with Crippen LogP contribution in [0.2, 0.25) is 0 Å². The number of aliphatic hydroxyl groups is 1. The zero-order chi connectivity index (χ0) is 23.6. The summed E-state index contributed by atoms with van der Waals surface area (Å²) in [4.78, 5) is 33.9. The van der Waals surface area contributed by atoms with Crippen LogP contribution in [-0.4, -0.2) is 45.1 Å². The fourth-order valence-corrected chi connectivity index (χ4v) is 6.93. The van der Waals surface area contributed by atoms with Crippen LogP contribution in [0, 0.1) is 29.1 Å². The Bertz CT molecular complexity index is 828. The summed E-state index contributed by atoms with van der Waals surface area (Å²) in [5.41, 5.74) is 0.344. The number of fused-ring (bicyclic) bond motifs is 1. The molecule has 7 unspecified atom stereocenters. The zero-order valence-electron chi connectivity index (χ0n) is 20.3. The second-order valence-electron chi connectivity index (χ2n) is 11.1. The van der Waals surface area contributed by atoms with Gasteiger partial charge in [0.2, 0.25) is 5.91 Å². The highest BCUT2D eigenvalue weighted by atomic mass is 16.3. The minimum Gasteiger partial charge on any atom is -0.392 e. The van der Waals surface area contributed by atoms with Crippen molar-refractivity contribution in [2.24, 2.45) is 29.1 Å². The van der Waals surface area contributed by atoms with Crippen LogP contribution in [0.3, 0.4) is 0 Å². The third kappa shape index (κ3) is 5.08. The molecule has 7 atom stereocenters. The normalized spacial score (nSPS) is 35.8. The van der Waals surface area contributed by atoms with E-state index in [9.17, 15) is 14.7 Å². The van der Waals surface area contributed by atoms with E-state index in [2.05, 4.69) is 34.4 Å². The molecule has 2 amide bonds. The van der Waals surface area contributed by atoms with Crippen molar-refractivity contribution in [3.63, 3.8) is 0 Å². The molecule has 7 heteroatoms. The summed E-state index contributed by atoms with van der Waals surface area (Å²) in [6, 6.07) is 0.256. The van der Waals surface area contributed by atoms with Gasteiger partial charge in [-0.1, -0.05) is 40.0 Å². The molecular weight excluding hydrogens is 416 g/mol. The number of nitrogens with zero attached hydrogens (tertiary/aromatic N) is 2. The second kappa shape index (κ2) is 10.1. The van der Waals surface area contributed by atoms with Gasteiger partial charge in [-0.2, -0.15) is 0 Å². The molecule has 1 aromatic rings. The van der Waals surface area contributed by atoms with Gasteiger partial charge >= 0.3 is 0 Å². The molecule has 1 aromatic heterocycles. The van der Waals surface area contributed by atoms with Gasteiger partial charge in [0.05, 0.1) is 12.3 Å². The molecule has 3 fully saturated rings.